The Balaban J connectivity index is 0.883. The van der Waals surface area contributed by atoms with Crippen LogP contribution in [0.2, 0.25) is 0 Å². The van der Waals surface area contributed by atoms with Crippen molar-refractivity contribution in [2.24, 2.45) is 5.92 Å². The van der Waals surface area contributed by atoms with E-state index in [4.69, 9.17) is 18.9 Å². The molecule has 12 nitrogen and oxygen atoms in total. The zero-order valence-corrected chi connectivity index (χ0v) is 25.2. The molecule has 1 aliphatic carbocycles. The summed E-state index contributed by atoms with van der Waals surface area (Å²) in [6.07, 6.45) is 2.75. The van der Waals surface area contributed by atoms with Crippen molar-refractivity contribution in [3.05, 3.63) is 53.6 Å². The molecule has 1 aliphatic heterocycles. The number of fused-ring (bicyclic) bond motifs is 3. The van der Waals surface area contributed by atoms with E-state index in [1.54, 1.807) is 7.11 Å². The number of carbonyl (C=O) groups is 2. The van der Waals surface area contributed by atoms with Crippen molar-refractivity contribution in [2.75, 3.05) is 71.6 Å². The Bertz CT molecular complexity index is 1390. The number of hydrogen-bond donors (Lipinski definition) is 5. The van der Waals surface area contributed by atoms with Crippen molar-refractivity contribution in [1.82, 2.24) is 26.1 Å². The molecular formula is C32H42N6O6. The van der Waals surface area contributed by atoms with Crippen LogP contribution in [-0.2, 0) is 25.5 Å². The van der Waals surface area contributed by atoms with Gasteiger partial charge in [0.05, 0.1) is 45.1 Å². The second-order valence-corrected chi connectivity index (χ2v) is 10.8. The Morgan fingerprint density at radius 3 is 2.52 bits per heavy atom. The number of rotatable bonds is 19. The molecule has 236 valence electrons. The molecule has 0 atom stereocenters. The van der Waals surface area contributed by atoms with E-state index in [9.17, 15) is 9.59 Å². The molecule has 0 spiro atoms. The largest absolute Gasteiger partial charge is 0.497 e. The summed E-state index contributed by atoms with van der Waals surface area (Å²) in [6.45, 7) is 4.78. The van der Waals surface area contributed by atoms with E-state index < -0.39 is 0 Å². The Hall–Kier alpha value is -4.13. The molecule has 1 fully saturated rings. The highest BCUT2D eigenvalue weighted by Crippen LogP contribution is 2.40. The van der Waals surface area contributed by atoms with Crippen LogP contribution in [0.3, 0.4) is 0 Å². The number of nitrogens with one attached hydrogen (secondary N) is 5. The number of nitrogens with zero attached hydrogens (tertiary/aromatic N) is 1. The number of unbranched alkanes of at least 4 members (excludes halogenated alkanes) is 1. The predicted molar refractivity (Wildman–Crippen MR) is 166 cm³/mol. The van der Waals surface area contributed by atoms with Crippen molar-refractivity contribution < 1.29 is 28.5 Å². The van der Waals surface area contributed by atoms with Crippen LogP contribution in [0.1, 0.15) is 30.4 Å². The van der Waals surface area contributed by atoms with Crippen LogP contribution in [0.25, 0.3) is 11.3 Å². The maximum absolute atomic E-state index is 11.9. The molecule has 2 aromatic carbocycles. The van der Waals surface area contributed by atoms with Gasteiger partial charge >= 0.3 is 0 Å². The molecule has 44 heavy (non-hydrogen) atoms. The molecule has 2 amide bonds. The van der Waals surface area contributed by atoms with Gasteiger partial charge in [-0.1, -0.05) is 6.07 Å². The highest BCUT2D eigenvalue weighted by Gasteiger charge is 2.25. The Morgan fingerprint density at radius 1 is 0.932 bits per heavy atom. The van der Waals surface area contributed by atoms with Crippen LogP contribution in [0, 0.1) is 5.92 Å². The normalized spacial score (nSPS) is 13.5. The Labute approximate surface area is 257 Å². The summed E-state index contributed by atoms with van der Waals surface area (Å²) in [6, 6.07) is 13.8. The minimum atomic E-state index is -0.0388. The van der Waals surface area contributed by atoms with Crippen molar-refractivity contribution >= 4 is 23.3 Å². The van der Waals surface area contributed by atoms with Gasteiger partial charge in [0.1, 0.15) is 18.1 Å². The summed E-state index contributed by atoms with van der Waals surface area (Å²) in [5, 5.41) is 20.0. The molecule has 0 unspecified atom stereocenters. The van der Waals surface area contributed by atoms with E-state index >= 15 is 0 Å². The lowest BCUT2D eigenvalue weighted by atomic mass is 10.0. The molecule has 3 aromatic rings. The standard InChI is InChI=1S/C32H42N6O6/c1-41-25-7-8-27-22(17-25)18-28-30(27)37-38-31(28)36-24-5-4-6-26(19-24)44-16-15-43-14-13-42-12-9-29(39)34-10-2-3-11-35-32(40)23-20-33-21-23/h4-8,17,19,23,33H,2-3,9-16,18,20-21H2,1H3,(H,34,39)(H,35,40)(H2,36,37,38). The number of H-pyrrole nitrogens is 1. The lowest BCUT2D eigenvalue weighted by Gasteiger charge is -2.25. The van der Waals surface area contributed by atoms with Crippen LogP contribution >= 0.6 is 0 Å². The summed E-state index contributed by atoms with van der Waals surface area (Å²) in [5.74, 6) is 2.57. The topological polar surface area (TPSA) is 148 Å². The van der Waals surface area contributed by atoms with Crippen LogP contribution in [-0.4, -0.2) is 88.3 Å². The molecule has 2 aliphatic rings. The van der Waals surface area contributed by atoms with Crippen molar-refractivity contribution in [2.45, 2.75) is 25.7 Å². The van der Waals surface area contributed by atoms with Gasteiger partial charge in [0, 0.05) is 61.9 Å². The molecule has 12 heteroatoms. The molecule has 2 heterocycles. The van der Waals surface area contributed by atoms with Crippen molar-refractivity contribution in [3.63, 3.8) is 0 Å². The average Bonchev–Trinajstić information content (AvgIpc) is 3.56. The van der Waals surface area contributed by atoms with Crippen LogP contribution in [0.15, 0.2) is 42.5 Å². The number of methoxy groups -OCH3 is 1. The first-order chi connectivity index (χ1) is 21.6. The predicted octanol–water partition coefficient (Wildman–Crippen LogP) is 2.77. The Kier molecular flexibility index (Phi) is 11.4. The lowest BCUT2D eigenvalue weighted by Crippen LogP contribution is -2.50. The quantitative estimate of drug-likeness (QED) is 0.102. The van der Waals surface area contributed by atoms with Gasteiger partial charge in [-0.25, -0.2) is 0 Å². The Morgan fingerprint density at radius 2 is 1.73 bits per heavy atom. The monoisotopic (exact) mass is 606 g/mol. The first-order valence-electron chi connectivity index (χ1n) is 15.3. The minimum Gasteiger partial charge on any atom is -0.497 e. The fourth-order valence-corrected chi connectivity index (χ4v) is 5.04. The number of aromatic amines is 1. The molecule has 0 bridgehead atoms. The van der Waals surface area contributed by atoms with Gasteiger partial charge in [-0.15, -0.1) is 0 Å². The van der Waals surface area contributed by atoms with E-state index in [2.05, 4.69) is 43.6 Å². The van der Waals surface area contributed by atoms with E-state index in [1.807, 2.05) is 30.3 Å². The van der Waals surface area contributed by atoms with Gasteiger partial charge in [-0.05, 0) is 48.7 Å². The second-order valence-electron chi connectivity index (χ2n) is 10.8. The number of benzene rings is 2. The summed E-state index contributed by atoms with van der Waals surface area (Å²) >= 11 is 0. The van der Waals surface area contributed by atoms with Gasteiger partial charge in [-0.3, -0.25) is 14.7 Å². The maximum atomic E-state index is 11.9. The number of aromatic nitrogens is 2. The van der Waals surface area contributed by atoms with E-state index in [0.29, 0.717) is 52.5 Å². The van der Waals surface area contributed by atoms with Crippen LogP contribution in [0.5, 0.6) is 11.5 Å². The average molecular weight is 607 g/mol. The van der Waals surface area contributed by atoms with E-state index in [-0.39, 0.29) is 17.7 Å². The highest BCUT2D eigenvalue weighted by atomic mass is 16.5. The molecule has 1 aromatic heterocycles. The molecule has 1 saturated heterocycles. The second kappa shape index (κ2) is 16.1. The highest BCUT2D eigenvalue weighted by molar-refractivity contribution is 5.81. The minimum absolute atomic E-state index is 0.0388. The summed E-state index contributed by atoms with van der Waals surface area (Å²) in [7, 11) is 1.68. The fraction of sp³-hybridized carbons (Fsp3) is 0.469. The third-order valence-corrected chi connectivity index (χ3v) is 7.63. The van der Waals surface area contributed by atoms with Crippen molar-refractivity contribution in [3.8, 4) is 22.8 Å². The molecule has 5 N–H and O–H groups in total. The molecular weight excluding hydrogens is 564 g/mol. The van der Waals surface area contributed by atoms with Gasteiger partial charge in [0.25, 0.3) is 0 Å². The maximum Gasteiger partial charge on any atom is 0.225 e. The number of anilines is 2. The van der Waals surface area contributed by atoms with Crippen molar-refractivity contribution in [1.29, 1.82) is 0 Å². The SMILES string of the molecule is COc1ccc2c(c1)Cc1c(Nc3cccc(OCCOCCOCCC(=O)NCCCCNC(=O)C4CNC4)c3)n[nH]c1-2. The smallest absolute Gasteiger partial charge is 0.225 e. The fourth-order valence-electron chi connectivity index (χ4n) is 5.04. The van der Waals surface area contributed by atoms with Gasteiger partial charge in [0.2, 0.25) is 11.8 Å². The lowest BCUT2D eigenvalue weighted by molar-refractivity contribution is -0.126. The zero-order chi connectivity index (χ0) is 30.6. The van der Waals surface area contributed by atoms with Crippen LogP contribution < -0.4 is 30.7 Å². The van der Waals surface area contributed by atoms with E-state index in [0.717, 1.165) is 72.2 Å². The number of ether oxygens (including phenoxy) is 4. The molecule has 0 saturated carbocycles. The zero-order valence-electron chi connectivity index (χ0n) is 25.2. The summed E-state index contributed by atoms with van der Waals surface area (Å²) in [4.78, 5) is 23.7. The van der Waals surface area contributed by atoms with E-state index in [1.165, 1.54) is 5.56 Å². The summed E-state index contributed by atoms with van der Waals surface area (Å²) < 4.78 is 22.3. The first kappa shape index (κ1) is 31.3. The first-order valence-corrected chi connectivity index (χ1v) is 15.3. The third kappa shape index (κ3) is 8.71. The van der Waals surface area contributed by atoms with Gasteiger partial charge in [-0.2, -0.15) is 5.10 Å². The molecule has 5 rings (SSSR count). The number of amides is 2. The van der Waals surface area contributed by atoms with Gasteiger partial charge < -0.3 is 40.2 Å². The number of carbonyl (C=O) groups excluding carboxylic acids is 2. The van der Waals surface area contributed by atoms with Gasteiger partial charge in [0.15, 0.2) is 5.82 Å². The summed E-state index contributed by atoms with van der Waals surface area (Å²) in [5.41, 5.74) is 5.42. The van der Waals surface area contributed by atoms with Crippen LogP contribution in [0.4, 0.5) is 11.5 Å². The third-order valence-electron chi connectivity index (χ3n) is 7.63. The number of hydrogen-bond acceptors (Lipinski definition) is 9. The molecule has 0 radical (unpaired) electrons.